The predicted molar refractivity (Wildman–Crippen MR) is 447 cm³/mol. The fraction of sp³-hybridized carbons (Fsp3) is 0.925. The Hall–Kier alpha value is -5.34. The fourth-order valence-electron chi connectivity index (χ4n) is 18.6. The molecule has 844 valence electrons. The van der Waals surface area contributed by atoms with Crippen LogP contribution in [0.5, 0.6) is 0 Å². The number of aliphatic carboxylic acids is 2. The fourth-order valence-corrected chi connectivity index (χ4v) is 18.6. The van der Waals surface area contributed by atoms with Crippen molar-refractivity contribution >= 4 is 35.6 Å². The third kappa shape index (κ3) is 26.4. The molecule has 66 nitrogen and oxygen atoms in total. The van der Waals surface area contributed by atoms with Crippen molar-refractivity contribution in [2.75, 3.05) is 72.7 Å². The van der Waals surface area contributed by atoms with Crippen molar-refractivity contribution in [3.8, 4) is 0 Å². The summed E-state index contributed by atoms with van der Waals surface area (Å²) in [5, 5.41) is 378. The monoisotopic (exact) mass is 2140 g/mol. The molecule has 11 heterocycles. The molecule has 0 radical (unpaired) electrons. The van der Waals surface area contributed by atoms with E-state index in [4.69, 9.17) is 111 Å². The van der Waals surface area contributed by atoms with E-state index in [1.165, 1.54) is 0 Å². The third-order valence-corrected chi connectivity index (χ3v) is 26.7. The molecule has 11 rings (SSSR count). The van der Waals surface area contributed by atoms with Crippen LogP contribution in [0.4, 0.5) is 0 Å². The number of aliphatic hydroxyl groups is 31. The highest BCUT2D eigenvalue weighted by Crippen LogP contribution is 2.43. The van der Waals surface area contributed by atoms with Gasteiger partial charge in [0.1, 0.15) is 256 Å². The largest absolute Gasteiger partial charge is 0.477 e. The Labute approximate surface area is 824 Å². The van der Waals surface area contributed by atoms with Gasteiger partial charge in [-0.15, -0.1) is 0 Å². The molecule has 0 saturated carbocycles. The van der Waals surface area contributed by atoms with E-state index in [0.717, 1.165) is 27.7 Å². The van der Waals surface area contributed by atoms with Crippen LogP contribution < -0.4 is 32.7 Å². The van der Waals surface area contributed by atoms with Gasteiger partial charge in [-0.1, -0.05) is 0 Å². The summed E-state index contributed by atoms with van der Waals surface area (Å²) < 4.78 is 124. The van der Waals surface area contributed by atoms with Crippen LogP contribution in [0.15, 0.2) is 0 Å². The molecule has 0 aromatic rings. The summed E-state index contributed by atoms with van der Waals surface area (Å²) in [5.41, 5.74) is 11.9. The number of carboxylic acids is 2. The van der Waals surface area contributed by atoms with Crippen molar-refractivity contribution in [2.24, 2.45) is 11.5 Å². The van der Waals surface area contributed by atoms with Crippen LogP contribution in [-0.4, -0.2) is 625 Å². The molecule has 146 heavy (non-hydrogen) atoms. The first-order valence-electron chi connectivity index (χ1n) is 46.1. The quantitative estimate of drug-likeness (QED) is 0.0270. The average Bonchev–Trinajstić information content (AvgIpc) is 0.765. The second kappa shape index (κ2) is 51.8. The van der Waals surface area contributed by atoms with E-state index >= 15 is 0 Å². The zero-order valence-electron chi connectivity index (χ0n) is 77.9. The van der Waals surface area contributed by atoms with Crippen LogP contribution >= 0.6 is 0 Å². The van der Waals surface area contributed by atoms with Gasteiger partial charge in [0.15, 0.2) is 56.6 Å². The first-order chi connectivity index (χ1) is 68.7. The number of aliphatic hydroxyl groups excluding tert-OH is 31. The second-order valence-electron chi connectivity index (χ2n) is 36.9. The Morgan fingerprint density at radius 2 is 0.575 bits per heavy atom. The molecule has 0 aliphatic carbocycles. The van der Waals surface area contributed by atoms with Crippen LogP contribution in [0.3, 0.4) is 0 Å². The summed E-state index contributed by atoms with van der Waals surface area (Å²) in [6.07, 6.45) is -112. The summed E-state index contributed by atoms with van der Waals surface area (Å²) in [6, 6.07) is -11.3. The van der Waals surface area contributed by atoms with Crippen LogP contribution in [0.25, 0.3) is 0 Å². The number of hydrogen-bond acceptors (Lipinski definition) is 60. The SMILES string of the molecule is CC(=O)N[C@@H]1[C@@H](O)[C@H](O[C@@H]2O[C@H](CO)[C@@H](O[C@@H]3O[C@H](CO[C@H]4O[C@H](CO)[C@@H](O)[C@H](O)[C@@H]4O[C@@H]4O[C@H](CO)[C@@H](O[C@@H]5O[C@H](CO[C@]6(C(=O)O)C[C@H](O)[C@@H](N)[C@H]([C@H](O)[C@H](O)CO)O6)[C@H](O)[C@H](O)[C@H]5O)[C@H](O)[C@H]4NC(C)=O)[C@@H](O)[C@H](O[C@H]4O[C@H](CO)[C@@H](O)[C@H](O)[C@@H]4O[C@@H]4O[C@H](CO)[C@@H](O[C@@H]5O[C@H](CO[C@]6(C(=O)O)C[C@H](O)[C@@H](N)[C@H]([C@H](O)[C@H](O)CO)O6)[C@H](O)[C@H](O)[C@H]5O)[C@H](O)[C@H]4NC(C)=O)[C@@H]3O)[C@H](O)[C@H]2NC(C)=O)[C@@H](CO)O[C@H]1O. The van der Waals surface area contributed by atoms with Gasteiger partial charge in [0, 0.05) is 40.5 Å². The Balaban J connectivity index is 0.888. The van der Waals surface area contributed by atoms with Gasteiger partial charge < -0.3 is 301 Å². The van der Waals surface area contributed by atoms with E-state index in [-0.39, 0.29) is 0 Å². The lowest BCUT2D eigenvalue weighted by Gasteiger charge is -2.51. The molecule has 66 heteroatoms. The second-order valence-corrected chi connectivity index (χ2v) is 36.9. The molecule has 41 N–H and O–H groups in total. The Morgan fingerprint density at radius 3 is 0.911 bits per heavy atom. The number of amides is 4. The molecule has 0 spiro atoms. The van der Waals surface area contributed by atoms with Gasteiger partial charge in [-0.3, -0.25) is 19.2 Å². The Morgan fingerprint density at radius 1 is 0.301 bits per heavy atom. The van der Waals surface area contributed by atoms with Gasteiger partial charge in [0.05, 0.1) is 97.0 Å². The summed E-state index contributed by atoms with van der Waals surface area (Å²) in [5.74, 6) is -14.1. The van der Waals surface area contributed by atoms with Crippen LogP contribution in [0.1, 0.15) is 40.5 Å². The maximum Gasteiger partial charge on any atom is 0.364 e. The minimum Gasteiger partial charge on any atom is -0.477 e. The van der Waals surface area contributed by atoms with Gasteiger partial charge in [0.25, 0.3) is 11.6 Å². The van der Waals surface area contributed by atoms with Gasteiger partial charge in [-0.25, -0.2) is 9.59 Å². The highest BCUT2D eigenvalue weighted by molar-refractivity contribution is 5.77. The number of carboxylic acid groups (broad SMARTS) is 2. The molecule has 11 aliphatic heterocycles. The van der Waals surface area contributed by atoms with Gasteiger partial charge in [-0.05, 0) is 0 Å². The van der Waals surface area contributed by atoms with E-state index in [0.29, 0.717) is 0 Å². The first kappa shape index (κ1) is 121. The normalized spacial score (nSPS) is 47.5. The van der Waals surface area contributed by atoms with Crippen molar-refractivity contribution in [1.82, 2.24) is 21.3 Å². The average molecular weight is 2140 g/mol. The van der Waals surface area contributed by atoms with Crippen LogP contribution in [-0.2, 0) is 128 Å². The zero-order valence-corrected chi connectivity index (χ0v) is 77.9. The third-order valence-electron chi connectivity index (χ3n) is 26.7. The zero-order chi connectivity index (χ0) is 108. The summed E-state index contributed by atoms with van der Waals surface area (Å²) in [6.45, 7) is -9.89. The molecule has 0 aromatic carbocycles. The molecule has 0 bridgehead atoms. The Bertz CT molecular complexity index is 4150. The highest BCUT2D eigenvalue weighted by atomic mass is 16.8. The van der Waals surface area contributed by atoms with Crippen LogP contribution in [0, 0.1) is 0 Å². The number of rotatable bonds is 41. The lowest BCUT2D eigenvalue weighted by Crippen LogP contribution is -2.71. The standard InChI is InChI=1S/C80H134N6O60/c1-18(95)83-37-48(110)59(28(11-91)129-68(37)121)138-69-38(84-19(2)96)49(111)62(31(14-94)132-69)141-74-58(120)65(142-76-67(55(117)44(106)27(10-90)131-76)144-71-40(86-21(4)98)51(113)61(30(13-93)134-71)140-73-57(119)53(115)46(108)34(137-73)17-128-80(78(124)125)6-23(100)36(82)64(146-80)42(104)25(102)8-88)47(109)32(135-74)15-126-75-66(54(116)43(105)26(9-89)130-75)143-70-39(85-20(3)97)50(112)60(29(12-92)133-70)139-72-56(118)52(114)45(107)33(136-72)16-127-79(77(122)123)5-22(99)35(81)63(145-79)41(103)24(101)7-87/h22-76,87-94,99-121H,5-17,81-82H2,1-4H3,(H,83,95)(H,84,96)(H,85,97)(H,86,98)(H,122,123)(H,124,125)/t22-,23-,24+,25+,26+,27+,28+,29+,30+,31+,32+,33+,34+,35+,36+,37+,38+,39+,40+,41+,42+,43+,44+,45-,46-,47+,48+,49+,50+,51+,52-,53-,54-,55-,56+,57+,58-,59+,60+,61+,62+,63+,64+,65-,66-,67-,68+,69-,70-,71-,72-,73-,74-,75-,76+,79+,80+/m0/s1. The van der Waals surface area contributed by atoms with Crippen molar-refractivity contribution < 1.29 is 297 Å². The number of carbonyl (C=O) groups is 6. The van der Waals surface area contributed by atoms with E-state index < -0.39 is 470 Å². The van der Waals surface area contributed by atoms with Crippen LogP contribution in [0.2, 0.25) is 0 Å². The molecule has 0 aromatic heterocycles. The lowest BCUT2D eigenvalue weighted by atomic mass is 9.89. The van der Waals surface area contributed by atoms with E-state index in [1.807, 2.05) is 0 Å². The number of hydrogen-bond donors (Lipinski definition) is 39. The predicted octanol–water partition coefficient (Wildman–Crippen LogP) is -26.1. The highest BCUT2D eigenvalue weighted by Gasteiger charge is 2.65. The molecule has 11 fully saturated rings. The minimum atomic E-state index is -3.05. The van der Waals surface area contributed by atoms with Gasteiger partial charge >= 0.3 is 11.9 Å². The smallest absolute Gasteiger partial charge is 0.364 e. The van der Waals surface area contributed by atoms with E-state index in [2.05, 4.69) is 21.3 Å². The van der Waals surface area contributed by atoms with E-state index in [1.54, 1.807) is 0 Å². The molecule has 57 atom stereocenters. The summed E-state index contributed by atoms with van der Waals surface area (Å²) >= 11 is 0. The molecule has 0 unspecified atom stereocenters. The number of carbonyl (C=O) groups excluding carboxylic acids is 4. The van der Waals surface area contributed by atoms with Gasteiger partial charge in [-0.2, -0.15) is 0 Å². The van der Waals surface area contributed by atoms with Gasteiger partial charge in [0.2, 0.25) is 23.6 Å². The maximum absolute atomic E-state index is 13.3. The number of ether oxygens (including phenoxy) is 21. The van der Waals surface area contributed by atoms with Crippen molar-refractivity contribution in [3.05, 3.63) is 0 Å². The molecular weight excluding hydrogens is 2000 g/mol. The molecule has 4 amide bonds. The molecular formula is C80H134N6O60. The van der Waals surface area contributed by atoms with Crippen molar-refractivity contribution in [3.63, 3.8) is 0 Å². The summed E-state index contributed by atoms with van der Waals surface area (Å²) in [4.78, 5) is 77.7. The number of nitrogens with one attached hydrogen (secondary N) is 4. The molecule has 11 saturated heterocycles. The maximum atomic E-state index is 13.3. The van der Waals surface area contributed by atoms with Crippen molar-refractivity contribution in [2.45, 2.75) is 389 Å². The first-order valence-corrected chi connectivity index (χ1v) is 46.1. The Kier molecular flexibility index (Phi) is 42.9. The summed E-state index contributed by atoms with van der Waals surface area (Å²) in [7, 11) is 0. The topological polar surface area (TPSA) is 1060 Å². The molecule has 11 aliphatic rings. The lowest BCUT2D eigenvalue weighted by molar-refractivity contribution is -0.399. The number of nitrogens with two attached hydrogens (primary N) is 2. The van der Waals surface area contributed by atoms with Crippen molar-refractivity contribution in [1.29, 1.82) is 0 Å². The van der Waals surface area contributed by atoms with E-state index in [9.17, 15) is 197 Å². The minimum absolute atomic E-state index is 0.835.